The number of carbonyl (C=O) groups excluding carboxylic acids is 1. The van der Waals surface area contributed by atoms with E-state index in [9.17, 15) is 18.0 Å². The maximum Gasteiger partial charge on any atom is 0.417 e. The second-order valence-corrected chi connectivity index (χ2v) is 8.25. The minimum atomic E-state index is -4.65. The predicted octanol–water partition coefficient (Wildman–Crippen LogP) is 4.64. The minimum Gasteiger partial charge on any atom is -0.457 e. The summed E-state index contributed by atoms with van der Waals surface area (Å²) in [4.78, 5) is 20.9. The van der Waals surface area contributed by atoms with Gasteiger partial charge in [0.2, 0.25) is 0 Å². The van der Waals surface area contributed by atoms with E-state index >= 15 is 0 Å². The lowest BCUT2D eigenvalue weighted by molar-refractivity contribution is -0.136. The molecule has 0 atom stereocenters. The van der Waals surface area contributed by atoms with Gasteiger partial charge in [0.25, 0.3) is 5.91 Å². The highest BCUT2D eigenvalue weighted by atomic mass is 19.4. The van der Waals surface area contributed by atoms with Gasteiger partial charge >= 0.3 is 6.18 Å². The fourth-order valence-electron chi connectivity index (χ4n) is 4.02. The number of fused-ring (bicyclic) bond motifs is 1. The summed E-state index contributed by atoms with van der Waals surface area (Å²) in [6.07, 6.45) is -0.980. The Kier molecular flexibility index (Phi) is 6.78. The SMILES string of the molecule is CNC(N)=NC(=O)c1cc2c(C(F)(F)F)cc(Oc3ccc(CN4CCCCC4)cc3)cc2[nH]1. The van der Waals surface area contributed by atoms with Crippen molar-refractivity contribution in [2.75, 3.05) is 20.1 Å². The van der Waals surface area contributed by atoms with Gasteiger partial charge in [0, 0.05) is 25.0 Å². The Hall–Kier alpha value is -3.53. The number of hydrogen-bond donors (Lipinski definition) is 3. The van der Waals surface area contributed by atoms with Crippen LogP contribution in [0.25, 0.3) is 10.9 Å². The van der Waals surface area contributed by atoms with Crippen LogP contribution >= 0.6 is 0 Å². The Morgan fingerprint density at radius 1 is 1.12 bits per heavy atom. The normalized spacial score (nSPS) is 15.5. The van der Waals surface area contributed by atoms with Gasteiger partial charge in [-0.15, -0.1) is 0 Å². The molecule has 1 saturated heterocycles. The Labute approximate surface area is 194 Å². The molecule has 0 aliphatic carbocycles. The molecule has 0 saturated carbocycles. The molecule has 1 amide bonds. The number of carbonyl (C=O) groups is 1. The van der Waals surface area contributed by atoms with Crippen LogP contribution in [0.2, 0.25) is 0 Å². The number of rotatable bonds is 5. The van der Waals surface area contributed by atoms with E-state index in [1.807, 2.05) is 12.1 Å². The van der Waals surface area contributed by atoms with Gasteiger partial charge in [-0.2, -0.15) is 18.2 Å². The third-order valence-electron chi connectivity index (χ3n) is 5.74. The first kappa shape index (κ1) is 23.6. The van der Waals surface area contributed by atoms with Crippen LogP contribution in [0.5, 0.6) is 11.5 Å². The van der Waals surface area contributed by atoms with Crippen LogP contribution in [-0.2, 0) is 12.7 Å². The van der Waals surface area contributed by atoms with E-state index in [0.717, 1.165) is 37.3 Å². The van der Waals surface area contributed by atoms with Crippen molar-refractivity contribution in [1.82, 2.24) is 15.2 Å². The number of amides is 1. The highest BCUT2D eigenvalue weighted by molar-refractivity contribution is 6.04. The second kappa shape index (κ2) is 9.76. The number of aromatic nitrogens is 1. The molecule has 0 radical (unpaired) electrons. The van der Waals surface area contributed by atoms with Gasteiger partial charge in [-0.05, 0) is 55.8 Å². The summed E-state index contributed by atoms with van der Waals surface area (Å²) in [5, 5.41) is 2.33. The molecule has 1 aliphatic heterocycles. The first-order valence-corrected chi connectivity index (χ1v) is 11.0. The number of likely N-dealkylation sites (tertiary alicyclic amines) is 1. The van der Waals surface area contributed by atoms with Crippen LogP contribution in [0, 0.1) is 0 Å². The first-order chi connectivity index (χ1) is 16.2. The molecule has 3 aromatic rings. The summed E-state index contributed by atoms with van der Waals surface area (Å²) in [6, 6.07) is 10.8. The van der Waals surface area contributed by atoms with Crippen LogP contribution < -0.4 is 15.8 Å². The monoisotopic (exact) mass is 473 g/mol. The van der Waals surface area contributed by atoms with E-state index in [-0.39, 0.29) is 28.3 Å². The van der Waals surface area contributed by atoms with Gasteiger partial charge < -0.3 is 20.8 Å². The molecule has 0 spiro atoms. The highest BCUT2D eigenvalue weighted by Gasteiger charge is 2.34. The van der Waals surface area contributed by atoms with Crippen molar-refractivity contribution < 1.29 is 22.7 Å². The molecule has 0 unspecified atom stereocenters. The number of aliphatic imine (C=N–C) groups is 1. The smallest absolute Gasteiger partial charge is 0.417 e. The number of hydrogen-bond acceptors (Lipinski definition) is 3. The fourth-order valence-corrected chi connectivity index (χ4v) is 4.02. The zero-order chi connectivity index (χ0) is 24.3. The number of guanidine groups is 1. The second-order valence-electron chi connectivity index (χ2n) is 8.25. The van der Waals surface area contributed by atoms with Gasteiger partial charge in [-0.1, -0.05) is 18.6 Å². The van der Waals surface area contributed by atoms with Crippen LogP contribution in [-0.4, -0.2) is 41.9 Å². The Bertz CT molecular complexity index is 1200. The van der Waals surface area contributed by atoms with Crippen LogP contribution in [0.1, 0.15) is 40.9 Å². The number of ether oxygens (including phenoxy) is 1. The fraction of sp³-hybridized carbons (Fsp3) is 0.333. The Morgan fingerprint density at radius 2 is 1.82 bits per heavy atom. The highest BCUT2D eigenvalue weighted by Crippen LogP contribution is 2.39. The van der Waals surface area contributed by atoms with Crippen molar-refractivity contribution >= 4 is 22.8 Å². The molecule has 10 heteroatoms. The first-order valence-electron chi connectivity index (χ1n) is 11.0. The standard InChI is InChI=1S/C24H26F3N5O2/c1-29-23(28)31-22(33)21-13-18-19(24(25,26)27)11-17(12-20(18)30-21)34-16-7-5-15(6-8-16)14-32-9-3-2-4-10-32/h5-8,11-13,30H,2-4,9-10,14H2,1H3,(H3,28,29,31,33). The van der Waals surface area contributed by atoms with Crippen LogP contribution in [0.3, 0.4) is 0 Å². The van der Waals surface area contributed by atoms with Crippen molar-refractivity contribution in [3.8, 4) is 11.5 Å². The molecule has 4 N–H and O–H groups in total. The maximum atomic E-state index is 13.8. The molecule has 7 nitrogen and oxygen atoms in total. The van der Waals surface area contributed by atoms with Crippen molar-refractivity contribution in [2.24, 2.45) is 10.7 Å². The summed E-state index contributed by atoms with van der Waals surface area (Å²) >= 11 is 0. The zero-order valence-electron chi connectivity index (χ0n) is 18.7. The molecule has 1 aliphatic rings. The maximum absolute atomic E-state index is 13.8. The van der Waals surface area contributed by atoms with E-state index in [1.165, 1.54) is 32.4 Å². The molecular formula is C24H26F3N5O2. The Morgan fingerprint density at radius 3 is 2.47 bits per heavy atom. The van der Waals surface area contributed by atoms with Gasteiger partial charge in [0.05, 0.1) is 11.1 Å². The van der Waals surface area contributed by atoms with Gasteiger partial charge in [-0.25, -0.2) is 0 Å². The molecule has 2 aromatic carbocycles. The number of alkyl halides is 3. The summed E-state index contributed by atoms with van der Waals surface area (Å²) in [7, 11) is 1.48. The third-order valence-corrected chi connectivity index (χ3v) is 5.74. The number of halogens is 3. The molecule has 34 heavy (non-hydrogen) atoms. The average Bonchev–Trinajstić information content (AvgIpc) is 3.24. The third kappa shape index (κ3) is 5.51. The molecule has 1 fully saturated rings. The molecule has 2 heterocycles. The molecule has 1 aromatic heterocycles. The van der Waals surface area contributed by atoms with Crippen molar-refractivity contribution in [3.63, 3.8) is 0 Å². The number of benzene rings is 2. The number of piperidine rings is 1. The summed E-state index contributed by atoms with van der Waals surface area (Å²) in [6.45, 7) is 2.99. The van der Waals surface area contributed by atoms with E-state index in [0.29, 0.717) is 5.75 Å². The van der Waals surface area contributed by atoms with Crippen molar-refractivity contribution in [3.05, 3.63) is 59.3 Å². The minimum absolute atomic E-state index is 0.00249. The number of aromatic amines is 1. The molecule has 180 valence electrons. The lowest BCUT2D eigenvalue weighted by Gasteiger charge is -2.26. The lowest BCUT2D eigenvalue weighted by Crippen LogP contribution is -2.28. The van der Waals surface area contributed by atoms with Crippen LogP contribution in [0.4, 0.5) is 13.2 Å². The van der Waals surface area contributed by atoms with Gasteiger partial charge in [0.1, 0.15) is 17.2 Å². The number of nitrogens with one attached hydrogen (secondary N) is 2. The summed E-state index contributed by atoms with van der Waals surface area (Å²) < 4.78 is 47.1. The van der Waals surface area contributed by atoms with Crippen molar-refractivity contribution in [2.45, 2.75) is 32.0 Å². The number of nitrogens with zero attached hydrogens (tertiary/aromatic N) is 2. The predicted molar refractivity (Wildman–Crippen MR) is 124 cm³/mol. The van der Waals surface area contributed by atoms with Crippen molar-refractivity contribution in [1.29, 1.82) is 0 Å². The number of nitrogens with two attached hydrogens (primary N) is 1. The Balaban J connectivity index is 1.59. The van der Waals surface area contributed by atoms with E-state index in [4.69, 9.17) is 10.5 Å². The zero-order valence-corrected chi connectivity index (χ0v) is 18.7. The van der Waals surface area contributed by atoms with Crippen LogP contribution in [0.15, 0.2) is 47.5 Å². The van der Waals surface area contributed by atoms with E-state index in [2.05, 4.69) is 20.2 Å². The molecule has 0 bridgehead atoms. The lowest BCUT2D eigenvalue weighted by atomic mass is 10.1. The van der Waals surface area contributed by atoms with E-state index in [1.54, 1.807) is 12.1 Å². The largest absolute Gasteiger partial charge is 0.457 e. The summed E-state index contributed by atoms with van der Waals surface area (Å²) in [5.74, 6) is -0.512. The van der Waals surface area contributed by atoms with Gasteiger partial charge in [0.15, 0.2) is 5.96 Å². The molecule has 4 rings (SSSR count). The molecular weight excluding hydrogens is 447 g/mol. The van der Waals surface area contributed by atoms with E-state index < -0.39 is 17.6 Å². The summed E-state index contributed by atoms with van der Waals surface area (Å²) in [5.41, 5.74) is 5.68. The topological polar surface area (TPSA) is 95.7 Å². The quantitative estimate of drug-likeness (QED) is 0.371. The van der Waals surface area contributed by atoms with Gasteiger partial charge in [-0.3, -0.25) is 9.69 Å². The average molecular weight is 473 g/mol. The number of H-pyrrole nitrogens is 1.